The third kappa shape index (κ3) is 2.56. The van der Waals surface area contributed by atoms with E-state index in [9.17, 15) is 4.79 Å². The van der Waals surface area contributed by atoms with Crippen LogP contribution in [0.3, 0.4) is 0 Å². The molecule has 1 saturated carbocycles. The molecule has 5 nitrogen and oxygen atoms in total. The minimum Gasteiger partial charge on any atom is -0.458 e. The molecule has 0 spiro atoms. The molecule has 96 valence electrons. The topological polar surface area (TPSA) is 55.3 Å². The second-order valence-electron chi connectivity index (χ2n) is 4.77. The number of hydrogen-bond donors (Lipinski definition) is 0. The van der Waals surface area contributed by atoms with Gasteiger partial charge in [-0.15, -0.1) is 0 Å². The van der Waals surface area contributed by atoms with Crippen LogP contribution in [0.1, 0.15) is 19.3 Å². The molecule has 2 aliphatic rings. The summed E-state index contributed by atoms with van der Waals surface area (Å²) in [6.07, 6.45) is 5.93. The van der Waals surface area contributed by atoms with Crippen molar-refractivity contribution < 1.29 is 9.53 Å². The van der Waals surface area contributed by atoms with Crippen molar-refractivity contribution in [1.29, 1.82) is 0 Å². The summed E-state index contributed by atoms with van der Waals surface area (Å²) in [6, 6.07) is 0.324. The quantitative estimate of drug-likeness (QED) is 0.833. The van der Waals surface area contributed by atoms with Crippen LogP contribution in [0.25, 0.3) is 0 Å². The predicted octanol–water partition coefficient (Wildman–Crippen LogP) is 1.52. The smallest absolute Gasteiger partial charge is 0.316 e. The van der Waals surface area contributed by atoms with Crippen LogP contribution < -0.4 is 4.74 Å². The average Bonchev–Trinajstić information content (AvgIpc) is 3.12. The lowest BCUT2D eigenvalue weighted by Crippen LogP contribution is -2.32. The van der Waals surface area contributed by atoms with E-state index < -0.39 is 0 Å². The van der Waals surface area contributed by atoms with Gasteiger partial charge in [0.05, 0.1) is 24.0 Å². The molecule has 2 fully saturated rings. The van der Waals surface area contributed by atoms with E-state index in [1.807, 2.05) is 4.90 Å². The number of amides is 1. The van der Waals surface area contributed by atoms with Crippen molar-refractivity contribution in [3.8, 4) is 6.01 Å². The number of ether oxygens (including phenoxy) is 1. The maximum Gasteiger partial charge on any atom is 0.316 e. The normalized spacial score (nSPS) is 23.2. The zero-order chi connectivity index (χ0) is 12.5. The van der Waals surface area contributed by atoms with Gasteiger partial charge in [-0.25, -0.2) is 9.97 Å². The zero-order valence-corrected chi connectivity index (χ0v) is 10.6. The Morgan fingerprint density at radius 1 is 1.33 bits per heavy atom. The number of rotatable bonds is 3. The molecule has 0 bridgehead atoms. The van der Waals surface area contributed by atoms with Crippen LogP contribution in [0.5, 0.6) is 6.01 Å². The first-order valence-corrected chi connectivity index (χ1v) is 6.53. The highest BCUT2D eigenvalue weighted by molar-refractivity contribution is 6.30. The van der Waals surface area contributed by atoms with Crippen molar-refractivity contribution in [3.63, 3.8) is 0 Å². The van der Waals surface area contributed by atoms with E-state index in [0.29, 0.717) is 17.6 Å². The molecule has 1 aliphatic carbocycles. The monoisotopic (exact) mass is 267 g/mol. The van der Waals surface area contributed by atoms with Crippen molar-refractivity contribution in [2.75, 3.05) is 13.1 Å². The van der Waals surface area contributed by atoms with E-state index in [1.54, 1.807) is 0 Å². The van der Waals surface area contributed by atoms with E-state index in [2.05, 4.69) is 9.97 Å². The molecule has 2 heterocycles. The van der Waals surface area contributed by atoms with Crippen molar-refractivity contribution in [1.82, 2.24) is 14.9 Å². The minimum absolute atomic E-state index is 0.00567. The largest absolute Gasteiger partial charge is 0.458 e. The third-order valence-electron chi connectivity index (χ3n) is 3.25. The molecule has 1 amide bonds. The number of hydrogen-bond acceptors (Lipinski definition) is 4. The third-order valence-corrected chi connectivity index (χ3v) is 3.45. The number of carbonyl (C=O) groups excluding carboxylic acids is 1. The van der Waals surface area contributed by atoms with Crippen LogP contribution >= 0.6 is 11.6 Å². The van der Waals surface area contributed by atoms with Gasteiger partial charge in [0.2, 0.25) is 5.91 Å². The zero-order valence-electron chi connectivity index (χ0n) is 9.88. The fraction of sp³-hybridized carbons (Fsp3) is 0.583. The van der Waals surface area contributed by atoms with Gasteiger partial charge in [0.25, 0.3) is 0 Å². The maximum absolute atomic E-state index is 11.9. The highest BCUT2D eigenvalue weighted by atomic mass is 35.5. The molecule has 1 aliphatic heterocycles. The lowest BCUT2D eigenvalue weighted by molar-refractivity contribution is -0.131. The number of halogens is 1. The molecule has 6 heteroatoms. The van der Waals surface area contributed by atoms with Gasteiger partial charge >= 0.3 is 6.01 Å². The van der Waals surface area contributed by atoms with E-state index in [4.69, 9.17) is 16.3 Å². The van der Waals surface area contributed by atoms with E-state index in [0.717, 1.165) is 25.8 Å². The van der Waals surface area contributed by atoms with Crippen molar-refractivity contribution in [2.45, 2.75) is 25.4 Å². The Morgan fingerprint density at radius 2 is 2.06 bits per heavy atom. The molecule has 0 aromatic carbocycles. The van der Waals surface area contributed by atoms with Gasteiger partial charge in [-0.1, -0.05) is 11.6 Å². The summed E-state index contributed by atoms with van der Waals surface area (Å²) >= 11 is 5.70. The molecule has 1 saturated heterocycles. The second kappa shape index (κ2) is 4.72. The van der Waals surface area contributed by atoms with E-state index in [1.165, 1.54) is 12.4 Å². The van der Waals surface area contributed by atoms with Crippen LogP contribution in [0.2, 0.25) is 5.02 Å². The average molecular weight is 268 g/mol. The summed E-state index contributed by atoms with van der Waals surface area (Å²) < 4.78 is 5.64. The van der Waals surface area contributed by atoms with Gasteiger partial charge < -0.3 is 9.64 Å². The molecule has 1 unspecified atom stereocenters. The molecular weight excluding hydrogens is 254 g/mol. The second-order valence-corrected chi connectivity index (χ2v) is 5.21. The minimum atomic E-state index is -0.00567. The molecule has 1 atom stereocenters. The lowest BCUT2D eigenvalue weighted by atomic mass is 10.3. The van der Waals surface area contributed by atoms with E-state index >= 15 is 0 Å². The fourth-order valence-corrected chi connectivity index (χ4v) is 2.22. The summed E-state index contributed by atoms with van der Waals surface area (Å²) in [5.41, 5.74) is 0. The Labute approximate surface area is 110 Å². The van der Waals surface area contributed by atoms with E-state index in [-0.39, 0.29) is 17.9 Å². The first-order valence-electron chi connectivity index (χ1n) is 6.15. The molecule has 0 radical (unpaired) electrons. The van der Waals surface area contributed by atoms with Crippen molar-refractivity contribution >= 4 is 17.5 Å². The van der Waals surface area contributed by atoms with Gasteiger partial charge in [-0.05, 0) is 12.8 Å². The molecule has 0 N–H and O–H groups in total. The van der Waals surface area contributed by atoms with Gasteiger partial charge in [0, 0.05) is 18.9 Å². The SMILES string of the molecule is O=C(C1CC1)N1CCC(Oc2ncc(Cl)cn2)C1. The van der Waals surface area contributed by atoms with Gasteiger partial charge in [0.1, 0.15) is 6.10 Å². The highest BCUT2D eigenvalue weighted by Crippen LogP contribution is 2.32. The summed E-state index contributed by atoms with van der Waals surface area (Å²) in [5.74, 6) is 0.550. The molecule has 1 aromatic heterocycles. The number of aromatic nitrogens is 2. The van der Waals surface area contributed by atoms with Crippen molar-refractivity contribution in [3.05, 3.63) is 17.4 Å². The maximum atomic E-state index is 11.9. The number of nitrogens with zero attached hydrogens (tertiary/aromatic N) is 3. The Hall–Kier alpha value is -1.36. The van der Waals surface area contributed by atoms with Crippen LogP contribution in [0.4, 0.5) is 0 Å². The van der Waals surface area contributed by atoms with Gasteiger partial charge in [0.15, 0.2) is 0 Å². The fourth-order valence-electron chi connectivity index (χ4n) is 2.12. The van der Waals surface area contributed by atoms with Crippen LogP contribution in [0.15, 0.2) is 12.4 Å². The van der Waals surface area contributed by atoms with Crippen LogP contribution in [-0.4, -0.2) is 40.0 Å². The lowest BCUT2D eigenvalue weighted by Gasteiger charge is -2.16. The van der Waals surface area contributed by atoms with Crippen molar-refractivity contribution in [2.24, 2.45) is 5.92 Å². The molecule has 1 aromatic rings. The standard InChI is InChI=1S/C12H14ClN3O2/c13-9-5-14-12(15-6-9)18-10-3-4-16(7-10)11(17)8-1-2-8/h5-6,8,10H,1-4,7H2. The highest BCUT2D eigenvalue weighted by Gasteiger charge is 2.37. The first kappa shape index (κ1) is 11.7. The molecule has 3 rings (SSSR count). The Balaban J connectivity index is 1.55. The summed E-state index contributed by atoms with van der Waals surface area (Å²) in [7, 11) is 0. The molecule has 18 heavy (non-hydrogen) atoms. The number of carbonyl (C=O) groups is 1. The van der Waals surface area contributed by atoms with Crippen LogP contribution in [0, 0.1) is 5.92 Å². The number of likely N-dealkylation sites (tertiary alicyclic amines) is 1. The predicted molar refractivity (Wildman–Crippen MR) is 65.4 cm³/mol. The van der Waals surface area contributed by atoms with Crippen LogP contribution in [-0.2, 0) is 4.79 Å². The summed E-state index contributed by atoms with van der Waals surface area (Å²) in [6.45, 7) is 1.41. The van der Waals surface area contributed by atoms with Gasteiger partial charge in [-0.2, -0.15) is 0 Å². The Morgan fingerprint density at radius 3 is 2.72 bits per heavy atom. The molecular formula is C12H14ClN3O2. The van der Waals surface area contributed by atoms with Gasteiger partial charge in [-0.3, -0.25) is 4.79 Å². The summed E-state index contributed by atoms with van der Waals surface area (Å²) in [4.78, 5) is 21.7. The Bertz CT molecular complexity index is 447. The Kier molecular flexibility index (Phi) is 3.07. The summed E-state index contributed by atoms with van der Waals surface area (Å²) in [5, 5.41) is 0.485. The first-order chi connectivity index (χ1) is 8.72.